The molecule has 0 radical (unpaired) electrons. The molecule has 86 valence electrons. The van der Waals surface area contributed by atoms with Gasteiger partial charge in [0.1, 0.15) is 0 Å². The lowest BCUT2D eigenvalue weighted by Gasteiger charge is -2.02. The minimum atomic E-state index is 0.837. The number of nitrogens with zero attached hydrogens (tertiary/aromatic N) is 3. The van der Waals surface area contributed by atoms with E-state index in [2.05, 4.69) is 55.3 Å². The van der Waals surface area contributed by atoms with Crippen LogP contribution in [0.25, 0.3) is 0 Å². The molecule has 0 N–H and O–H groups in total. The summed E-state index contributed by atoms with van der Waals surface area (Å²) in [7, 11) is 0. The first-order chi connectivity index (χ1) is 7.59. The quantitative estimate of drug-likeness (QED) is 0.728. The zero-order chi connectivity index (χ0) is 12.0. The first-order valence-electron chi connectivity index (χ1n) is 5.52. The van der Waals surface area contributed by atoms with Crippen LogP contribution < -0.4 is 0 Å². The van der Waals surface area contributed by atoms with Gasteiger partial charge in [0, 0.05) is 6.42 Å². The topological polar surface area (TPSA) is 38.7 Å². The van der Waals surface area contributed by atoms with Crippen LogP contribution in [0, 0.1) is 0 Å². The van der Waals surface area contributed by atoms with Gasteiger partial charge in [-0.3, -0.25) is 0 Å². The third-order valence-corrected chi connectivity index (χ3v) is 2.24. The van der Waals surface area contributed by atoms with Crippen molar-refractivity contribution in [2.24, 2.45) is 0 Å². The van der Waals surface area contributed by atoms with Crippen LogP contribution in [0.5, 0.6) is 0 Å². The first kappa shape index (κ1) is 12.6. The van der Waals surface area contributed by atoms with Gasteiger partial charge in [-0.15, -0.1) is 10.2 Å². The average molecular weight is 217 g/mol. The summed E-state index contributed by atoms with van der Waals surface area (Å²) < 4.78 is 0. The van der Waals surface area contributed by atoms with Gasteiger partial charge in [0.05, 0.1) is 11.9 Å². The van der Waals surface area contributed by atoms with Crippen LogP contribution in [-0.2, 0) is 12.8 Å². The summed E-state index contributed by atoms with van der Waals surface area (Å²) in [6.45, 7) is 8.37. The fourth-order valence-corrected chi connectivity index (χ4v) is 1.27. The fraction of sp³-hybridized carbons (Fsp3) is 0.462. The minimum Gasteiger partial charge on any atom is -0.138 e. The predicted octanol–water partition coefficient (Wildman–Crippen LogP) is 2.89. The second-order valence-electron chi connectivity index (χ2n) is 4.38. The van der Waals surface area contributed by atoms with E-state index in [1.54, 1.807) is 6.20 Å². The molecule has 0 bridgehead atoms. The molecule has 0 saturated carbocycles. The SMILES string of the molecule is CC(C)=CCc1cnnnc1CC=C(C)C. The summed E-state index contributed by atoms with van der Waals surface area (Å²) in [5.74, 6) is 0. The molecule has 0 aliphatic carbocycles. The molecule has 0 aliphatic heterocycles. The highest BCUT2D eigenvalue weighted by molar-refractivity contribution is 5.21. The van der Waals surface area contributed by atoms with Gasteiger partial charge in [-0.25, -0.2) is 0 Å². The van der Waals surface area contributed by atoms with Crippen molar-refractivity contribution >= 4 is 0 Å². The molecule has 0 saturated heterocycles. The lowest BCUT2D eigenvalue weighted by atomic mass is 10.1. The smallest absolute Gasteiger partial charge is 0.0737 e. The summed E-state index contributed by atoms with van der Waals surface area (Å²) in [6.07, 6.45) is 7.88. The molecule has 0 unspecified atom stereocenters. The van der Waals surface area contributed by atoms with Crippen molar-refractivity contribution in [3.8, 4) is 0 Å². The van der Waals surface area contributed by atoms with Crippen LogP contribution >= 0.6 is 0 Å². The van der Waals surface area contributed by atoms with Crippen molar-refractivity contribution in [3.05, 3.63) is 40.8 Å². The summed E-state index contributed by atoms with van der Waals surface area (Å²) >= 11 is 0. The molecular formula is C13H19N3. The lowest BCUT2D eigenvalue weighted by molar-refractivity contribution is 0.802. The number of hydrogen-bond acceptors (Lipinski definition) is 3. The summed E-state index contributed by atoms with van der Waals surface area (Å²) in [4.78, 5) is 0. The molecule has 1 heterocycles. The van der Waals surface area contributed by atoms with E-state index >= 15 is 0 Å². The molecular weight excluding hydrogens is 198 g/mol. The Labute approximate surface area is 97.3 Å². The molecule has 3 nitrogen and oxygen atoms in total. The van der Waals surface area contributed by atoms with Gasteiger partial charge in [0.2, 0.25) is 0 Å². The Kier molecular flexibility index (Phi) is 4.83. The van der Waals surface area contributed by atoms with Crippen LogP contribution in [0.1, 0.15) is 39.0 Å². The van der Waals surface area contributed by atoms with Gasteiger partial charge in [-0.1, -0.05) is 23.3 Å². The van der Waals surface area contributed by atoms with Crippen molar-refractivity contribution < 1.29 is 0 Å². The number of rotatable bonds is 4. The first-order valence-corrected chi connectivity index (χ1v) is 5.52. The predicted molar refractivity (Wildman–Crippen MR) is 66.1 cm³/mol. The van der Waals surface area contributed by atoms with Crippen molar-refractivity contribution in [3.63, 3.8) is 0 Å². The van der Waals surface area contributed by atoms with E-state index in [1.165, 1.54) is 11.1 Å². The molecule has 0 amide bonds. The zero-order valence-electron chi connectivity index (χ0n) is 10.5. The van der Waals surface area contributed by atoms with E-state index in [9.17, 15) is 0 Å². The third kappa shape index (κ3) is 4.34. The van der Waals surface area contributed by atoms with Gasteiger partial charge in [0.25, 0.3) is 0 Å². The number of hydrogen-bond donors (Lipinski definition) is 0. The summed E-state index contributed by atoms with van der Waals surface area (Å²) in [5, 5.41) is 11.6. The van der Waals surface area contributed by atoms with Crippen molar-refractivity contribution in [2.75, 3.05) is 0 Å². The van der Waals surface area contributed by atoms with Crippen LogP contribution in [-0.4, -0.2) is 15.4 Å². The van der Waals surface area contributed by atoms with Crippen molar-refractivity contribution in [1.82, 2.24) is 15.4 Å². The Morgan fingerprint density at radius 3 is 2.31 bits per heavy atom. The normalized spacial score (nSPS) is 9.75. The standard InChI is InChI=1S/C13H19N3/c1-10(2)5-7-12-9-14-16-15-13(12)8-6-11(3)4/h5-6,9H,7-8H2,1-4H3. The highest BCUT2D eigenvalue weighted by Crippen LogP contribution is 2.08. The Bertz CT molecular complexity index is 358. The van der Waals surface area contributed by atoms with Gasteiger partial charge < -0.3 is 0 Å². The minimum absolute atomic E-state index is 0.837. The van der Waals surface area contributed by atoms with Crippen LogP contribution in [0.15, 0.2) is 29.5 Å². The van der Waals surface area contributed by atoms with E-state index < -0.39 is 0 Å². The molecule has 16 heavy (non-hydrogen) atoms. The zero-order valence-corrected chi connectivity index (χ0v) is 10.5. The van der Waals surface area contributed by atoms with Gasteiger partial charge >= 0.3 is 0 Å². The lowest BCUT2D eigenvalue weighted by Crippen LogP contribution is -2.00. The highest BCUT2D eigenvalue weighted by Gasteiger charge is 2.02. The summed E-state index contributed by atoms with van der Waals surface area (Å²) in [5.41, 5.74) is 4.79. The third-order valence-electron chi connectivity index (χ3n) is 2.24. The molecule has 0 atom stereocenters. The Hall–Kier alpha value is -1.51. The Balaban J connectivity index is 2.83. The summed E-state index contributed by atoms with van der Waals surface area (Å²) in [6, 6.07) is 0. The average Bonchev–Trinajstić information content (AvgIpc) is 2.24. The van der Waals surface area contributed by atoms with Crippen LogP contribution in [0.4, 0.5) is 0 Å². The maximum Gasteiger partial charge on any atom is 0.0737 e. The highest BCUT2D eigenvalue weighted by atomic mass is 15.3. The second-order valence-corrected chi connectivity index (χ2v) is 4.38. The maximum absolute atomic E-state index is 4.09. The number of aromatic nitrogens is 3. The van der Waals surface area contributed by atoms with Gasteiger partial charge in [-0.05, 0) is 44.9 Å². The molecule has 1 rings (SSSR count). The Morgan fingerprint density at radius 2 is 1.69 bits per heavy atom. The number of allylic oxidation sites excluding steroid dienone is 4. The molecule has 1 aromatic heterocycles. The molecule has 0 aromatic carbocycles. The Morgan fingerprint density at radius 1 is 1.06 bits per heavy atom. The van der Waals surface area contributed by atoms with E-state index in [-0.39, 0.29) is 0 Å². The van der Waals surface area contributed by atoms with Crippen molar-refractivity contribution in [1.29, 1.82) is 0 Å². The van der Waals surface area contributed by atoms with Crippen LogP contribution in [0.3, 0.4) is 0 Å². The largest absolute Gasteiger partial charge is 0.138 e. The second kappa shape index (κ2) is 6.16. The van der Waals surface area contributed by atoms with E-state index in [0.717, 1.165) is 24.1 Å². The maximum atomic E-state index is 4.09. The molecule has 0 spiro atoms. The van der Waals surface area contributed by atoms with E-state index in [1.807, 2.05) is 0 Å². The fourth-order valence-electron chi connectivity index (χ4n) is 1.27. The molecule has 3 heteroatoms. The monoisotopic (exact) mass is 217 g/mol. The molecule has 0 aliphatic rings. The van der Waals surface area contributed by atoms with Crippen molar-refractivity contribution in [2.45, 2.75) is 40.5 Å². The van der Waals surface area contributed by atoms with E-state index in [4.69, 9.17) is 0 Å². The molecule has 0 fully saturated rings. The van der Waals surface area contributed by atoms with Gasteiger partial charge in [-0.2, -0.15) is 0 Å². The molecule has 1 aromatic rings. The van der Waals surface area contributed by atoms with E-state index in [0.29, 0.717) is 0 Å². The van der Waals surface area contributed by atoms with Gasteiger partial charge in [0.15, 0.2) is 0 Å². The van der Waals surface area contributed by atoms with Crippen LogP contribution in [0.2, 0.25) is 0 Å².